The zero-order chi connectivity index (χ0) is 40.1. The molecule has 0 aliphatic rings. The maximum absolute atomic E-state index is 14.3. The molecule has 0 saturated heterocycles. The van der Waals surface area contributed by atoms with E-state index >= 15 is 0 Å². The van der Waals surface area contributed by atoms with Crippen molar-refractivity contribution in [3.05, 3.63) is 76.1 Å². The van der Waals surface area contributed by atoms with Gasteiger partial charge in [0.25, 0.3) is 0 Å². The molecule has 3 amide bonds. The highest BCUT2D eigenvalue weighted by molar-refractivity contribution is 8.00. The van der Waals surface area contributed by atoms with E-state index in [-0.39, 0.29) is 56.2 Å². The number of benzene rings is 2. The second-order valence-corrected chi connectivity index (χ2v) is 15.6. The number of hydrogen-bond acceptors (Lipinski definition) is 7. The number of amides is 3. The number of aromatic nitrogens is 3. The van der Waals surface area contributed by atoms with E-state index in [0.717, 1.165) is 28.4 Å². The lowest BCUT2D eigenvalue weighted by atomic mass is 9.94. The Hall–Kier alpha value is -4.73. The van der Waals surface area contributed by atoms with E-state index in [4.69, 9.17) is 16.7 Å². The van der Waals surface area contributed by atoms with Gasteiger partial charge in [0.15, 0.2) is 5.82 Å². The van der Waals surface area contributed by atoms with Crippen molar-refractivity contribution in [2.24, 2.45) is 0 Å². The average Bonchev–Trinajstić information content (AvgIpc) is 3.41. The highest BCUT2D eigenvalue weighted by atomic mass is 35.5. The van der Waals surface area contributed by atoms with E-state index in [1.807, 2.05) is 0 Å². The molecule has 19 heteroatoms. The summed E-state index contributed by atoms with van der Waals surface area (Å²) in [6, 6.07) is 5.59. The fraction of sp³-hybridized carbons (Fsp3) is 0.343. The van der Waals surface area contributed by atoms with Crippen LogP contribution in [0.3, 0.4) is 0 Å². The number of halogens is 6. The molecule has 3 atom stereocenters. The van der Waals surface area contributed by atoms with Crippen LogP contribution in [0, 0.1) is 23.5 Å². The number of carboxylic acids is 1. The van der Waals surface area contributed by atoms with Crippen LogP contribution in [0.15, 0.2) is 42.5 Å². The Morgan fingerprint density at radius 2 is 1.78 bits per heavy atom. The number of alkyl halides is 3. The standard InChI is InChI=1S/C35H34ClF5N6O5S2/c1-19(12-28(49)50)43-33(51)47(53-4)32-29-26(36)9-8-25(31(29)46(45-32)17-35(39,40)41)24-7-6-23(10-11-34(2,3)54(5)52)44-30(24)27(42-18-48)15-20-13-21(37)16-22(38)14-20/h6-9,13-14,16,18-19,27H,12,15,17H2,1-5H3,(H,42,48)(H,43,51)(H,49,50). The van der Waals surface area contributed by atoms with Gasteiger partial charge in [-0.3, -0.25) is 18.5 Å². The Balaban J connectivity index is 2.05. The van der Waals surface area contributed by atoms with Crippen LogP contribution in [0.25, 0.3) is 22.0 Å². The maximum Gasteiger partial charge on any atom is 0.408 e. The number of nitrogens with zero attached hydrogens (tertiary/aromatic N) is 4. The van der Waals surface area contributed by atoms with Gasteiger partial charge in [-0.25, -0.2) is 22.9 Å². The molecule has 288 valence electrons. The molecule has 0 fully saturated rings. The van der Waals surface area contributed by atoms with Crippen molar-refractivity contribution >= 4 is 69.5 Å². The summed E-state index contributed by atoms with van der Waals surface area (Å²) >= 11 is 7.42. The Kier molecular flexibility index (Phi) is 13.4. The maximum atomic E-state index is 14.3. The van der Waals surface area contributed by atoms with Crippen molar-refractivity contribution in [3.8, 4) is 23.0 Å². The Labute approximate surface area is 318 Å². The van der Waals surface area contributed by atoms with Crippen LogP contribution in [-0.4, -0.2) is 72.0 Å². The van der Waals surface area contributed by atoms with Gasteiger partial charge in [0.2, 0.25) is 6.41 Å². The lowest BCUT2D eigenvalue weighted by Crippen LogP contribution is -2.41. The Morgan fingerprint density at radius 3 is 2.35 bits per heavy atom. The van der Waals surface area contributed by atoms with Gasteiger partial charge in [-0.05, 0) is 81.0 Å². The lowest BCUT2D eigenvalue weighted by molar-refractivity contribution is -0.142. The van der Waals surface area contributed by atoms with E-state index in [2.05, 4.69) is 32.6 Å². The quantitative estimate of drug-likeness (QED) is 0.0580. The van der Waals surface area contributed by atoms with Gasteiger partial charge in [-0.15, -0.1) is 0 Å². The van der Waals surface area contributed by atoms with Gasteiger partial charge in [0.1, 0.15) is 28.6 Å². The van der Waals surface area contributed by atoms with Gasteiger partial charge >= 0.3 is 18.2 Å². The van der Waals surface area contributed by atoms with Crippen LogP contribution in [0.4, 0.5) is 32.6 Å². The van der Waals surface area contributed by atoms with Gasteiger partial charge < -0.3 is 15.7 Å². The van der Waals surface area contributed by atoms with Crippen molar-refractivity contribution in [1.29, 1.82) is 0 Å². The number of nitrogens with one attached hydrogen (secondary N) is 2. The number of urea groups is 1. The molecule has 0 bridgehead atoms. The number of fused-ring (bicyclic) bond motifs is 1. The van der Waals surface area contributed by atoms with Crippen molar-refractivity contribution in [1.82, 2.24) is 25.4 Å². The summed E-state index contributed by atoms with van der Waals surface area (Å²) in [4.78, 5) is 41.2. The molecule has 54 heavy (non-hydrogen) atoms. The summed E-state index contributed by atoms with van der Waals surface area (Å²) in [5, 5.41) is 18.2. The molecular weight excluding hydrogens is 779 g/mol. The first-order valence-corrected chi connectivity index (χ1v) is 19.0. The summed E-state index contributed by atoms with van der Waals surface area (Å²) < 4.78 is 83.8. The molecule has 4 aromatic rings. The molecule has 4 rings (SSSR count). The third-order valence-corrected chi connectivity index (χ3v) is 10.5. The average molecular weight is 813 g/mol. The van der Waals surface area contributed by atoms with Crippen LogP contribution in [-0.2, 0) is 33.4 Å². The zero-order valence-corrected chi connectivity index (χ0v) is 31.7. The fourth-order valence-electron chi connectivity index (χ4n) is 5.36. The topological polar surface area (TPSA) is 147 Å². The molecule has 0 saturated carbocycles. The van der Waals surface area contributed by atoms with Gasteiger partial charge in [-0.1, -0.05) is 23.6 Å². The third-order valence-electron chi connectivity index (χ3n) is 7.95. The second kappa shape index (κ2) is 17.2. The van der Waals surface area contributed by atoms with E-state index < -0.39 is 70.4 Å². The molecule has 2 aromatic carbocycles. The first-order valence-electron chi connectivity index (χ1n) is 15.9. The molecule has 11 nitrogen and oxygen atoms in total. The van der Waals surface area contributed by atoms with Gasteiger partial charge in [-0.2, -0.15) is 18.3 Å². The van der Waals surface area contributed by atoms with Crippen molar-refractivity contribution in [2.45, 2.75) is 63.2 Å². The van der Waals surface area contributed by atoms with Crippen molar-refractivity contribution in [3.63, 3.8) is 0 Å². The molecule has 0 aliphatic carbocycles. The van der Waals surface area contributed by atoms with E-state index in [1.54, 1.807) is 13.8 Å². The fourth-order valence-corrected chi connectivity index (χ4v) is 6.31. The molecule has 3 N–H and O–H groups in total. The highest BCUT2D eigenvalue weighted by Crippen LogP contribution is 2.42. The van der Waals surface area contributed by atoms with Crippen molar-refractivity contribution in [2.75, 3.05) is 16.8 Å². The molecule has 0 aliphatic heterocycles. The normalized spacial score (nSPS) is 13.4. The smallest absolute Gasteiger partial charge is 0.408 e. The summed E-state index contributed by atoms with van der Waals surface area (Å²) in [7, 11) is -1.38. The number of anilines is 1. The number of hydrogen-bond donors (Lipinski definition) is 3. The summed E-state index contributed by atoms with van der Waals surface area (Å²) in [6.07, 6.45) is -2.24. The molecule has 3 unspecified atom stereocenters. The van der Waals surface area contributed by atoms with Crippen LogP contribution in [0.5, 0.6) is 0 Å². The summed E-state index contributed by atoms with van der Waals surface area (Å²) in [6.45, 7) is 3.10. The number of rotatable bonds is 13. The number of carbonyl (C=O) groups excluding carboxylic acids is 2. The predicted octanol–water partition coefficient (Wildman–Crippen LogP) is 6.79. The third kappa shape index (κ3) is 10.3. The number of pyridine rings is 1. The van der Waals surface area contributed by atoms with Gasteiger partial charge in [0, 0.05) is 46.5 Å². The summed E-state index contributed by atoms with van der Waals surface area (Å²) in [5.74, 6) is 2.48. The van der Waals surface area contributed by atoms with Crippen molar-refractivity contribution < 1.29 is 45.7 Å². The number of aliphatic carboxylic acids is 1. The van der Waals surface area contributed by atoms with Crippen LogP contribution in [0.1, 0.15) is 50.2 Å². The monoisotopic (exact) mass is 812 g/mol. The number of carboxylic acid groups (broad SMARTS) is 1. The second-order valence-electron chi connectivity index (χ2n) is 12.5. The minimum atomic E-state index is -4.83. The first-order chi connectivity index (χ1) is 25.2. The van der Waals surface area contributed by atoms with Crippen LogP contribution < -0.4 is 14.9 Å². The van der Waals surface area contributed by atoms with E-state index in [0.29, 0.717) is 17.2 Å². The minimum absolute atomic E-state index is 0.0286. The minimum Gasteiger partial charge on any atom is -0.481 e. The van der Waals surface area contributed by atoms with E-state index in [1.165, 1.54) is 43.7 Å². The number of carbonyl (C=O) groups is 3. The Morgan fingerprint density at radius 1 is 1.13 bits per heavy atom. The summed E-state index contributed by atoms with van der Waals surface area (Å²) in [5.41, 5.74) is 0.279. The predicted molar refractivity (Wildman–Crippen MR) is 197 cm³/mol. The first kappa shape index (κ1) is 42.0. The largest absolute Gasteiger partial charge is 0.481 e. The molecule has 0 spiro atoms. The molecular formula is C35H34ClF5N6O5S2. The lowest BCUT2D eigenvalue weighted by Gasteiger charge is -2.21. The zero-order valence-electron chi connectivity index (χ0n) is 29.3. The highest BCUT2D eigenvalue weighted by Gasteiger charge is 2.34. The van der Waals surface area contributed by atoms with E-state index in [9.17, 15) is 40.5 Å². The Bertz CT molecular complexity index is 2150. The molecule has 2 aromatic heterocycles. The van der Waals surface area contributed by atoms with Gasteiger partial charge in [0.05, 0.1) is 34.1 Å². The SMILES string of the molecule is CSN(C(=O)NC(C)CC(=O)O)c1nn(CC(F)(F)F)c2c(-c3ccc(C#CC(C)(C)S(C)=O)nc3C(Cc3cc(F)cc(F)c3)NC=O)ccc(Cl)c12. The molecule has 0 radical (unpaired) electrons. The molecule has 2 heterocycles. The van der Waals surface area contributed by atoms with Crippen LogP contribution >= 0.6 is 23.5 Å². The van der Waals surface area contributed by atoms with Crippen LogP contribution in [0.2, 0.25) is 5.02 Å².